The molecule has 2 atom stereocenters. The van der Waals surface area contributed by atoms with E-state index in [1.807, 2.05) is 32.0 Å². The molecule has 236 valence electrons. The zero-order chi connectivity index (χ0) is 30.4. The summed E-state index contributed by atoms with van der Waals surface area (Å²) < 4.78 is 22.7. The molecular formula is C35H56O5SSn. The van der Waals surface area contributed by atoms with Crippen molar-refractivity contribution in [3.63, 3.8) is 0 Å². The second-order valence-electron chi connectivity index (χ2n) is 12.2. The summed E-state index contributed by atoms with van der Waals surface area (Å²) in [6.45, 7) is 12.2. The number of ether oxygens (including phenoxy) is 2. The third kappa shape index (κ3) is 10.1. The molecule has 0 bridgehead atoms. The molecule has 42 heavy (non-hydrogen) atoms. The van der Waals surface area contributed by atoms with Gasteiger partial charge >= 0.3 is 265 Å². The second-order valence-corrected chi connectivity index (χ2v) is 26.5. The molecule has 1 saturated heterocycles. The Hall–Kier alpha value is -0.771. The first kappa shape index (κ1) is 35.7. The standard InChI is InChI=1S/C23H29O5S.3C4H9.Sn/c1-17-15-26-20(16-29-18-9-5-3-6-10-18)21(17)22(25)19(24)11-7-4-8-12-23(2)27-13-14-28-23;3*1-3-4-2;/h3,5-7,9-10,15,19,22,24-25H,4,8,12-14,16H2,1-2H3;3*1,3-4H2,2H3;. The van der Waals surface area contributed by atoms with Crippen LogP contribution >= 0.6 is 11.8 Å². The van der Waals surface area contributed by atoms with Crippen molar-refractivity contribution >= 4 is 30.1 Å². The summed E-state index contributed by atoms with van der Waals surface area (Å²) in [5.41, 5.74) is 1.67. The summed E-state index contributed by atoms with van der Waals surface area (Å²) in [6, 6.07) is 10.3. The Kier molecular flexibility index (Phi) is 15.5. The van der Waals surface area contributed by atoms with Crippen molar-refractivity contribution in [2.75, 3.05) is 13.2 Å². The molecule has 1 aromatic heterocycles. The monoisotopic (exact) mass is 708 g/mol. The summed E-state index contributed by atoms with van der Waals surface area (Å²) >= 11 is -1.38. The number of hydrogen-bond acceptors (Lipinski definition) is 6. The number of aryl methyl sites for hydroxylation is 1. The van der Waals surface area contributed by atoms with Crippen molar-refractivity contribution in [1.29, 1.82) is 0 Å². The second kappa shape index (κ2) is 18.3. The van der Waals surface area contributed by atoms with E-state index < -0.39 is 36.4 Å². The van der Waals surface area contributed by atoms with E-state index in [0.29, 0.717) is 19.0 Å². The number of hydrogen-bond donors (Lipinski definition) is 2. The van der Waals surface area contributed by atoms with Gasteiger partial charge in [-0.15, -0.1) is 0 Å². The fourth-order valence-electron chi connectivity index (χ4n) is 6.40. The zero-order valence-corrected chi connectivity index (χ0v) is 30.5. The minimum absolute atomic E-state index is 0.502. The van der Waals surface area contributed by atoms with Crippen LogP contribution in [0.2, 0.25) is 13.3 Å². The molecule has 7 heteroatoms. The van der Waals surface area contributed by atoms with Crippen molar-refractivity contribution in [3.05, 3.63) is 63.1 Å². The molecule has 0 saturated carbocycles. The van der Waals surface area contributed by atoms with Gasteiger partial charge < -0.3 is 0 Å². The normalized spacial score (nSPS) is 17.1. The first-order chi connectivity index (χ1) is 20.3. The van der Waals surface area contributed by atoms with Gasteiger partial charge in [-0.3, -0.25) is 0 Å². The van der Waals surface area contributed by atoms with Crippen molar-refractivity contribution in [2.45, 2.75) is 134 Å². The molecule has 1 fully saturated rings. The number of aliphatic hydroxyl groups excluding tert-OH is 2. The van der Waals surface area contributed by atoms with E-state index in [4.69, 9.17) is 13.9 Å². The van der Waals surface area contributed by atoms with Gasteiger partial charge in [0.15, 0.2) is 0 Å². The first-order valence-corrected chi connectivity index (χ1v) is 24.8. The van der Waals surface area contributed by atoms with Crippen LogP contribution in [-0.2, 0) is 15.2 Å². The van der Waals surface area contributed by atoms with Crippen LogP contribution in [-0.4, -0.2) is 53.7 Å². The number of thioether (sulfide) groups is 1. The molecular weight excluding hydrogens is 651 g/mol. The predicted molar refractivity (Wildman–Crippen MR) is 178 cm³/mol. The average Bonchev–Trinajstić information content (AvgIpc) is 3.61. The van der Waals surface area contributed by atoms with E-state index in [-0.39, 0.29) is 0 Å². The van der Waals surface area contributed by atoms with Crippen LogP contribution in [0.3, 0.4) is 0 Å². The molecule has 2 heterocycles. The van der Waals surface area contributed by atoms with Crippen LogP contribution in [0.25, 0.3) is 0 Å². The van der Waals surface area contributed by atoms with Crippen LogP contribution in [0.15, 0.2) is 55.6 Å². The van der Waals surface area contributed by atoms with Crippen molar-refractivity contribution in [3.8, 4) is 0 Å². The Labute approximate surface area is 263 Å². The van der Waals surface area contributed by atoms with Gasteiger partial charge in [-0.2, -0.15) is 0 Å². The molecule has 2 unspecified atom stereocenters. The van der Waals surface area contributed by atoms with Crippen molar-refractivity contribution in [1.82, 2.24) is 0 Å². The van der Waals surface area contributed by atoms with E-state index >= 15 is 0 Å². The number of aliphatic hydroxyl groups is 2. The van der Waals surface area contributed by atoms with Crippen LogP contribution in [0.5, 0.6) is 0 Å². The van der Waals surface area contributed by atoms with Crippen LogP contribution in [0.1, 0.15) is 108 Å². The van der Waals surface area contributed by atoms with Gasteiger partial charge in [0.25, 0.3) is 0 Å². The van der Waals surface area contributed by atoms with Gasteiger partial charge in [-0.25, -0.2) is 0 Å². The molecule has 3 rings (SSSR count). The zero-order valence-electron chi connectivity index (χ0n) is 26.8. The van der Waals surface area contributed by atoms with Gasteiger partial charge in [0.1, 0.15) is 0 Å². The molecule has 5 nitrogen and oxygen atoms in total. The van der Waals surface area contributed by atoms with Crippen molar-refractivity contribution in [2.24, 2.45) is 0 Å². The molecule has 0 aliphatic carbocycles. The molecule has 1 aromatic carbocycles. The third-order valence-corrected chi connectivity index (χ3v) is 26.0. The van der Waals surface area contributed by atoms with Crippen LogP contribution in [0.4, 0.5) is 0 Å². The fourth-order valence-corrected chi connectivity index (χ4v) is 24.6. The average molecular weight is 708 g/mol. The van der Waals surface area contributed by atoms with Gasteiger partial charge in [0.05, 0.1) is 0 Å². The summed E-state index contributed by atoms with van der Waals surface area (Å²) in [5.74, 6) is 0.871. The number of benzene rings is 1. The van der Waals surface area contributed by atoms with E-state index in [1.165, 1.54) is 36.2 Å². The van der Waals surface area contributed by atoms with Crippen LogP contribution in [0, 0.1) is 6.92 Å². The summed E-state index contributed by atoms with van der Waals surface area (Å²) in [4.78, 5) is 1.16. The Bertz CT molecular complexity index is 1040. The molecule has 2 N–H and O–H groups in total. The molecule has 0 spiro atoms. The van der Waals surface area contributed by atoms with Gasteiger partial charge in [0.2, 0.25) is 0 Å². The SMILES string of the molecule is CCC[CH2][Sn]([CH2]CCC)([CH2]CCC)/[C](=C/CCCC1(C)OCCO1)C(O)C(O)c1c(C)coc1CSc1ccccc1. The summed E-state index contributed by atoms with van der Waals surface area (Å²) in [7, 11) is 0. The maximum atomic E-state index is 12.2. The molecule has 1 aliphatic rings. The number of furan rings is 1. The van der Waals surface area contributed by atoms with E-state index in [0.717, 1.165) is 60.3 Å². The number of unbranched alkanes of at least 4 members (excludes halogenated alkanes) is 4. The van der Waals surface area contributed by atoms with E-state index in [2.05, 4.69) is 39.0 Å². The quantitative estimate of drug-likeness (QED) is 0.0812. The van der Waals surface area contributed by atoms with Gasteiger partial charge in [-0.05, 0) is 0 Å². The van der Waals surface area contributed by atoms with E-state index in [1.54, 1.807) is 18.0 Å². The molecule has 0 amide bonds. The van der Waals surface area contributed by atoms with Gasteiger partial charge in [-0.1, -0.05) is 0 Å². The number of allylic oxidation sites excluding steroid dienone is 1. The van der Waals surface area contributed by atoms with Gasteiger partial charge in [0, 0.05) is 0 Å². The Morgan fingerprint density at radius 1 is 0.952 bits per heavy atom. The maximum absolute atomic E-state index is 12.2. The Morgan fingerprint density at radius 3 is 2.12 bits per heavy atom. The molecule has 1 aliphatic heterocycles. The molecule has 2 aromatic rings. The summed E-state index contributed by atoms with van der Waals surface area (Å²) in [6.07, 6.45) is 11.9. The van der Waals surface area contributed by atoms with Crippen LogP contribution < -0.4 is 0 Å². The Balaban J connectivity index is 1.94. The van der Waals surface area contributed by atoms with E-state index in [9.17, 15) is 10.2 Å². The number of rotatable bonds is 20. The molecule has 0 radical (unpaired) electrons. The summed E-state index contributed by atoms with van der Waals surface area (Å²) in [5, 5.41) is 24.2. The topological polar surface area (TPSA) is 72.1 Å². The first-order valence-electron chi connectivity index (χ1n) is 16.4. The predicted octanol–water partition coefficient (Wildman–Crippen LogP) is 9.52. The fraction of sp³-hybridized carbons (Fsp3) is 0.657. The minimum atomic E-state index is -3.07. The van der Waals surface area contributed by atoms with Crippen molar-refractivity contribution < 1.29 is 24.1 Å². The third-order valence-electron chi connectivity index (χ3n) is 8.87. The Morgan fingerprint density at radius 2 is 1.55 bits per heavy atom.